The van der Waals surface area contributed by atoms with Crippen LogP contribution in [0.3, 0.4) is 0 Å². The van der Waals surface area contributed by atoms with Gasteiger partial charge in [0.1, 0.15) is 6.10 Å². The number of nitrogens with zero attached hydrogens (tertiary/aromatic N) is 1. The molecule has 0 saturated carbocycles. The number of hydrogen-bond acceptors (Lipinski definition) is 5. The summed E-state index contributed by atoms with van der Waals surface area (Å²) in [5.41, 5.74) is 1.07. The van der Waals surface area contributed by atoms with E-state index in [1.165, 1.54) is 0 Å². The number of ether oxygens (including phenoxy) is 3. The maximum Gasteiger partial charge on any atom is 0.256 e. The number of benzene rings is 1. The molecular formula is C17H20N2O3. The van der Waals surface area contributed by atoms with E-state index in [2.05, 4.69) is 10.3 Å². The molecule has 1 aromatic heterocycles. The largest absolute Gasteiger partial charge is 0.478 e. The number of morpholine rings is 1. The van der Waals surface area contributed by atoms with E-state index in [9.17, 15) is 0 Å². The summed E-state index contributed by atoms with van der Waals surface area (Å²) in [5.74, 6) is 1.10. The maximum absolute atomic E-state index is 6.21. The molecule has 1 fully saturated rings. The molecule has 116 valence electrons. The summed E-state index contributed by atoms with van der Waals surface area (Å²) in [6, 6.07) is 13.8. The summed E-state index contributed by atoms with van der Waals surface area (Å²) >= 11 is 0. The summed E-state index contributed by atoms with van der Waals surface area (Å²) in [4.78, 5) is 4.19. The Labute approximate surface area is 130 Å². The molecule has 0 bridgehead atoms. The van der Waals surface area contributed by atoms with E-state index in [1.807, 2.05) is 42.5 Å². The number of hydrogen-bond donors (Lipinski definition) is 1. The minimum Gasteiger partial charge on any atom is -0.478 e. The van der Waals surface area contributed by atoms with E-state index in [-0.39, 0.29) is 12.2 Å². The van der Waals surface area contributed by atoms with Gasteiger partial charge >= 0.3 is 0 Å². The topological polar surface area (TPSA) is 52.6 Å². The molecule has 5 nitrogen and oxygen atoms in total. The van der Waals surface area contributed by atoms with Crippen molar-refractivity contribution in [2.24, 2.45) is 0 Å². The summed E-state index contributed by atoms with van der Waals surface area (Å²) in [5, 5.41) is 3.35. The van der Waals surface area contributed by atoms with Gasteiger partial charge < -0.3 is 19.5 Å². The fraction of sp³-hybridized carbons (Fsp3) is 0.353. The lowest BCUT2D eigenvalue weighted by atomic mass is 10.0. The van der Waals surface area contributed by atoms with Crippen molar-refractivity contribution in [3.8, 4) is 11.6 Å². The van der Waals surface area contributed by atoms with Gasteiger partial charge in [-0.15, -0.1) is 0 Å². The van der Waals surface area contributed by atoms with Crippen molar-refractivity contribution < 1.29 is 14.2 Å². The first kappa shape index (κ1) is 14.8. The first-order valence-corrected chi connectivity index (χ1v) is 7.41. The zero-order valence-electron chi connectivity index (χ0n) is 12.6. The molecule has 1 aromatic carbocycles. The third kappa shape index (κ3) is 3.37. The van der Waals surface area contributed by atoms with Crippen LogP contribution in [0, 0.1) is 0 Å². The standard InChI is InChI=1S/C17H20N2O3/c1-20-17-14(8-5-9-19-17)22-16(13-6-3-2-4-7-13)15-12-18-10-11-21-15/h2-9,15-16,18H,10-12H2,1H3/t15-,16?/m0/s1. The Bertz CT molecular complexity index is 585. The Hall–Kier alpha value is -2.11. The second-order valence-corrected chi connectivity index (χ2v) is 5.07. The van der Waals surface area contributed by atoms with Crippen molar-refractivity contribution in [3.05, 3.63) is 54.2 Å². The van der Waals surface area contributed by atoms with Crippen LogP contribution >= 0.6 is 0 Å². The minimum atomic E-state index is -0.216. The molecule has 22 heavy (non-hydrogen) atoms. The molecule has 2 atom stereocenters. The SMILES string of the molecule is COc1ncccc1OC(c1ccccc1)[C@@H]1CNCCO1. The van der Waals surface area contributed by atoms with Gasteiger partial charge in [0.15, 0.2) is 11.9 Å². The minimum absolute atomic E-state index is 0.0546. The van der Waals surface area contributed by atoms with Crippen LogP contribution in [0.15, 0.2) is 48.7 Å². The number of methoxy groups -OCH3 is 1. The Morgan fingerprint density at radius 2 is 2.09 bits per heavy atom. The lowest BCUT2D eigenvalue weighted by molar-refractivity contribution is -0.0439. The van der Waals surface area contributed by atoms with Crippen molar-refractivity contribution in [3.63, 3.8) is 0 Å². The molecule has 2 heterocycles. The van der Waals surface area contributed by atoms with E-state index in [1.54, 1.807) is 13.3 Å². The fourth-order valence-corrected chi connectivity index (χ4v) is 2.54. The third-order valence-electron chi connectivity index (χ3n) is 3.61. The van der Waals surface area contributed by atoms with E-state index in [0.717, 1.165) is 18.7 Å². The first-order valence-electron chi connectivity index (χ1n) is 7.41. The molecule has 1 N–H and O–H groups in total. The molecule has 0 aliphatic carbocycles. The zero-order valence-corrected chi connectivity index (χ0v) is 12.6. The number of nitrogens with one attached hydrogen (secondary N) is 1. The van der Waals surface area contributed by atoms with Crippen LogP contribution in [0.1, 0.15) is 11.7 Å². The molecule has 1 saturated heterocycles. The van der Waals surface area contributed by atoms with Gasteiger partial charge in [-0.25, -0.2) is 4.98 Å². The van der Waals surface area contributed by atoms with E-state index < -0.39 is 0 Å². The van der Waals surface area contributed by atoms with Gasteiger partial charge in [-0.05, 0) is 17.7 Å². The molecular weight excluding hydrogens is 280 g/mol. The predicted molar refractivity (Wildman–Crippen MR) is 83.2 cm³/mol. The molecule has 5 heteroatoms. The van der Waals surface area contributed by atoms with Gasteiger partial charge in [0.25, 0.3) is 5.88 Å². The Kier molecular flexibility index (Phi) is 4.88. The van der Waals surface area contributed by atoms with E-state index in [4.69, 9.17) is 14.2 Å². The Morgan fingerprint density at radius 3 is 2.82 bits per heavy atom. The first-order chi connectivity index (χ1) is 10.9. The highest BCUT2D eigenvalue weighted by atomic mass is 16.6. The number of aromatic nitrogens is 1. The lowest BCUT2D eigenvalue weighted by Gasteiger charge is -2.31. The molecule has 0 amide bonds. The average Bonchev–Trinajstić information content (AvgIpc) is 2.61. The molecule has 2 aromatic rings. The molecule has 3 rings (SSSR count). The second kappa shape index (κ2) is 7.24. The van der Waals surface area contributed by atoms with Crippen molar-refractivity contribution in [1.29, 1.82) is 0 Å². The highest BCUT2D eigenvalue weighted by molar-refractivity contribution is 5.34. The molecule has 1 aliphatic heterocycles. The lowest BCUT2D eigenvalue weighted by Crippen LogP contribution is -2.43. The summed E-state index contributed by atoms with van der Waals surface area (Å²) in [6.07, 6.45) is 1.41. The molecule has 0 radical (unpaired) electrons. The highest BCUT2D eigenvalue weighted by Gasteiger charge is 2.28. The number of rotatable bonds is 5. The van der Waals surface area contributed by atoms with Crippen molar-refractivity contribution >= 4 is 0 Å². The predicted octanol–water partition coefficient (Wildman–Crippen LogP) is 2.20. The van der Waals surface area contributed by atoms with Gasteiger partial charge in [0.2, 0.25) is 0 Å². The Balaban J connectivity index is 1.88. The van der Waals surface area contributed by atoms with Crippen molar-refractivity contribution in [2.45, 2.75) is 12.2 Å². The van der Waals surface area contributed by atoms with Gasteiger partial charge in [-0.3, -0.25) is 0 Å². The van der Waals surface area contributed by atoms with E-state index >= 15 is 0 Å². The van der Waals surface area contributed by atoms with Gasteiger partial charge in [0, 0.05) is 19.3 Å². The van der Waals surface area contributed by atoms with Crippen molar-refractivity contribution in [1.82, 2.24) is 10.3 Å². The van der Waals surface area contributed by atoms with Crippen LogP contribution in [0.2, 0.25) is 0 Å². The molecule has 1 aliphatic rings. The van der Waals surface area contributed by atoms with E-state index in [0.29, 0.717) is 18.2 Å². The van der Waals surface area contributed by atoms with Crippen LogP contribution in [-0.2, 0) is 4.74 Å². The maximum atomic E-state index is 6.21. The van der Waals surface area contributed by atoms with Gasteiger partial charge in [0.05, 0.1) is 13.7 Å². The molecule has 1 unspecified atom stereocenters. The monoisotopic (exact) mass is 300 g/mol. The van der Waals surface area contributed by atoms with Crippen LogP contribution in [-0.4, -0.2) is 37.9 Å². The van der Waals surface area contributed by atoms with Crippen LogP contribution in [0.5, 0.6) is 11.6 Å². The van der Waals surface area contributed by atoms with Crippen LogP contribution in [0.25, 0.3) is 0 Å². The highest BCUT2D eigenvalue weighted by Crippen LogP contribution is 2.31. The summed E-state index contributed by atoms with van der Waals surface area (Å²) in [6.45, 7) is 2.30. The van der Waals surface area contributed by atoms with Crippen LogP contribution in [0.4, 0.5) is 0 Å². The van der Waals surface area contributed by atoms with Crippen molar-refractivity contribution in [2.75, 3.05) is 26.8 Å². The third-order valence-corrected chi connectivity index (χ3v) is 3.61. The fourth-order valence-electron chi connectivity index (χ4n) is 2.54. The number of pyridine rings is 1. The smallest absolute Gasteiger partial charge is 0.256 e. The molecule has 0 spiro atoms. The summed E-state index contributed by atoms with van der Waals surface area (Å²) < 4.78 is 17.4. The second-order valence-electron chi connectivity index (χ2n) is 5.07. The summed E-state index contributed by atoms with van der Waals surface area (Å²) in [7, 11) is 1.59. The quantitative estimate of drug-likeness (QED) is 0.917. The normalized spacial score (nSPS) is 19.4. The van der Waals surface area contributed by atoms with Crippen LogP contribution < -0.4 is 14.8 Å². The van der Waals surface area contributed by atoms with Gasteiger partial charge in [-0.1, -0.05) is 30.3 Å². The zero-order chi connectivity index (χ0) is 15.2. The van der Waals surface area contributed by atoms with Gasteiger partial charge in [-0.2, -0.15) is 0 Å². The Morgan fingerprint density at radius 1 is 1.23 bits per heavy atom. The average molecular weight is 300 g/mol.